The van der Waals surface area contributed by atoms with Gasteiger partial charge >= 0.3 is 0 Å². The Kier molecular flexibility index (Phi) is 8.18. The third-order valence-corrected chi connectivity index (χ3v) is 18.7. The first-order valence-corrected chi connectivity index (χ1v) is 26.7. The first-order chi connectivity index (χ1) is 36.2. The molecule has 16 rings (SSSR count). The average molecular weight is 966 g/mol. The molecule has 0 fully saturated rings. The molecule has 360 valence electrons. The van der Waals surface area contributed by atoms with Crippen molar-refractivity contribution in [3.63, 3.8) is 0 Å². The number of nitrogens with zero attached hydrogens (tertiary/aromatic N) is 1. The minimum Gasteiger partial charge on any atom is -0.456 e. The summed E-state index contributed by atoms with van der Waals surface area (Å²) in [7, 11) is 0. The van der Waals surface area contributed by atoms with Crippen molar-refractivity contribution in [3.05, 3.63) is 233 Å². The van der Waals surface area contributed by atoms with Crippen LogP contribution in [0, 0.1) is 0 Å². The molecule has 4 aliphatic carbocycles. The van der Waals surface area contributed by atoms with Crippen molar-refractivity contribution >= 4 is 60.9 Å². The van der Waals surface area contributed by atoms with Crippen LogP contribution in [0.15, 0.2) is 197 Å². The van der Waals surface area contributed by atoms with Crippen molar-refractivity contribution in [3.8, 4) is 55.6 Å². The second kappa shape index (κ2) is 14.3. The standard InChI is InChI=1S/C72H55NO2/c1-69(2)52-30-32-63-67(46-21-13-16-24-61(46)74-63)65(52)50-38-56-48(36-58(50)69)44-28-26-41(34-54(44)71(56,5)6)73(60-23-15-12-20-43(60)40-18-10-9-11-19-40)42-27-29-45-49-37-59-51(39-57(49)72(7,8)55(45)35-42)66-53(70(59,3)4)31-33-64-68(66)47-22-14-17-25-62(47)75-64/h9-39H,1-8H3. The van der Waals surface area contributed by atoms with Gasteiger partial charge in [-0.15, -0.1) is 0 Å². The molecule has 0 saturated carbocycles. The fourth-order valence-corrected chi connectivity index (χ4v) is 14.7. The lowest BCUT2D eigenvalue weighted by molar-refractivity contribution is 0.650. The number of hydrogen-bond acceptors (Lipinski definition) is 3. The molecule has 0 aliphatic heterocycles. The molecule has 0 N–H and O–H groups in total. The maximum Gasteiger partial charge on any atom is 0.136 e. The van der Waals surface area contributed by atoms with Crippen LogP contribution >= 0.6 is 0 Å². The van der Waals surface area contributed by atoms with Gasteiger partial charge in [-0.25, -0.2) is 0 Å². The van der Waals surface area contributed by atoms with Crippen LogP contribution in [0.4, 0.5) is 17.1 Å². The zero-order valence-electron chi connectivity index (χ0n) is 43.7. The van der Waals surface area contributed by atoms with Crippen LogP contribution < -0.4 is 4.90 Å². The van der Waals surface area contributed by atoms with Crippen LogP contribution in [0.3, 0.4) is 0 Å². The van der Waals surface area contributed by atoms with Crippen molar-refractivity contribution in [2.24, 2.45) is 0 Å². The molecular weight excluding hydrogens is 911 g/mol. The molecule has 2 heterocycles. The average Bonchev–Trinajstić information content (AvgIpc) is 4.39. The molecule has 0 spiro atoms. The van der Waals surface area contributed by atoms with Crippen LogP contribution in [0.5, 0.6) is 0 Å². The molecule has 3 heteroatoms. The molecule has 0 unspecified atom stereocenters. The third-order valence-electron chi connectivity index (χ3n) is 18.7. The number of para-hydroxylation sites is 3. The van der Waals surface area contributed by atoms with E-state index < -0.39 is 0 Å². The van der Waals surface area contributed by atoms with E-state index in [9.17, 15) is 0 Å². The Morgan fingerprint density at radius 1 is 0.293 bits per heavy atom. The summed E-state index contributed by atoms with van der Waals surface area (Å²) in [5.74, 6) is 0. The van der Waals surface area contributed by atoms with Crippen molar-refractivity contribution in [2.75, 3.05) is 4.90 Å². The zero-order chi connectivity index (χ0) is 50.7. The van der Waals surface area contributed by atoms with Gasteiger partial charge in [-0.05, 0) is 173 Å². The van der Waals surface area contributed by atoms with E-state index in [0.29, 0.717) is 0 Å². The molecule has 0 saturated heterocycles. The molecule has 0 amide bonds. The SMILES string of the molecule is CC1(C)c2cc(N(c3ccc4c(c3)C(C)(C)c3cc5c(cc3-4)C(C)(C)c3ccc4oc6ccccc6c4c3-5)c3ccccc3-c3ccccc3)ccc2-c2cc3c(cc21)-c1c(ccc2oc4ccccc4c12)C3(C)C. The van der Waals surface area contributed by atoms with Crippen LogP contribution in [0.25, 0.3) is 99.5 Å². The lowest BCUT2D eigenvalue weighted by Crippen LogP contribution is -2.18. The maximum absolute atomic E-state index is 6.49. The van der Waals surface area contributed by atoms with Crippen molar-refractivity contribution in [1.82, 2.24) is 0 Å². The lowest BCUT2D eigenvalue weighted by Gasteiger charge is -2.31. The Morgan fingerprint density at radius 2 is 0.693 bits per heavy atom. The topological polar surface area (TPSA) is 29.5 Å². The van der Waals surface area contributed by atoms with E-state index >= 15 is 0 Å². The normalized spacial score (nSPS) is 16.2. The molecule has 75 heavy (non-hydrogen) atoms. The van der Waals surface area contributed by atoms with Gasteiger partial charge in [-0.1, -0.05) is 165 Å². The van der Waals surface area contributed by atoms with Gasteiger partial charge in [-0.2, -0.15) is 0 Å². The van der Waals surface area contributed by atoms with Crippen LogP contribution in [-0.2, 0) is 21.7 Å². The Bertz CT molecular complexity index is 4280. The number of anilines is 3. The van der Waals surface area contributed by atoms with Gasteiger partial charge in [0.2, 0.25) is 0 Å². The van der Waals surface area contributed by atoms with E-state index in [0.717, 1.165) is 39.4 Å². The van der Waals surface area contributed by atoms with E-state index in [2.05, 4.69) is 248 Å². The summed E-state index contributed by atoms with van der Waals surface area (Å²) in [6.45, 7) is 19.3. The Labute approximate surface area is 437 Å². The van der Waals surface area contributed by atoms with Crippen molar-refractivity contribution in [2.45, 2.75) is 77.0 Å². The van der Waals surface area contributed by atoms with E-state index in [4.69, 9.17) is 8.83 Å². The molecule has 12 aromatic rings. The minimum absolute atomic E-state index is 0.181. The highest BCUT2D eigenvalue weighted by atomic mass is 16.3. The van der Waals surface area contributed by atoms with Gasteiger partial charge in [0.25, 0.3) is 0 Å². The summed E-state index contributed by atoms with van der Waals surface area (Å²) >= 11 is 0. The molecule has 10 aromatic carbocycles. The van der Waals surface area contributed by atoms with Gasteiger partial charge in [0.1, 0.15) is 22.3 Å². The molecule has 4 aliphatic rings. The Hall–Kier alpha value is -8.40. The third kappa shape index (κ3) is 5.45. The van der Waals surface area contributed by atoms with E-state index in [1.165, 1.54) is 122 Å². The summed E-state index contributed by atoms with van der Waals surface area (Å²) in [4.78, 5) is 2.53. The Morgan fingerprint density at radius 3 is 1.20 bits per heavy atom. The summed E-state index contributed by atoms with van der Waals surface area (Å²) < 4.78 is 13.0. The summed E-state index contributed by atoms with van der Waals surface area (Å²) in [6, 6.07) is 70.5. The zero-order valence-corrected chi connectivity index (χ0v) is 43.7. The monoisotopic (exact) mass is 965 g/mol. The number of hydrogen-bond donors (Lipinski definition) is 0. The predicted molar refractivity (Wildman–Crippen MR) is 311 cm³/mol. The fourth-order valence-electron chi connectivity index (χ4n) is 14.7. The maximum atomic E-state index is 6.49. The van der Waals surface area contributed by atoms with Crippen LogP contribution in [-0.4, -0.2) is 0 Å². The molecule has 0 radical (unpaired) electrons. The van der Waals surface area contributed by atoms with Gasteiger partial charge in [0.05, 0.1) is 5.69 Å². The number of fused-ring (bicyclic) bond motifs is 20. The van der Waals surface area contributed by atoms with E-state index in [1.54, 1.807) is 0 Å². The number of furan rings is 2. The molecule has 0 bridgehead atoms. The van der Waals surface area contributed by atoms with Gasteiger partial charge in [0, 0.05) is 60.1 Å². The van der Waals surface area contributed by atoms with Crippen molar-refractivity contribution < 1.29 is 8.83 Å². The number of rotatable bonds is 4. The first kappa shape index (κ1) is 43.0. The summed E-state index contributed by atoms with van der Waals surface area (Å²) in [6.07, 6.45) is 0. The first-order valence-electron chi connectivity index (χ1n) is 26.7. The predicted octanol–water partition coefficient (Wildman–Crippen LogP) is 19.8. The second-order valence-electron chi connectivity index (χ2n) is 24.0. The van der Waals surface area contributed by atoms with Crippen molar-refractivity contribution in [1.29, 1.82) is 0 Å². The second-order valence-corrected chi connectivity index (χ2v) is 24.0. The molecule has 2 aromatic heterocycles. The summed E-state index contributed by atoms with van der Waals surface area (Å²) in [5.41, 5.74) is 30.2. The number of benzene rings is 10. The highest BCUT2D eigenvalue weighted by Crippen LogP contribution is 2.61. The highest BCUT2D eigenvalue weighted by Gasteiger charge is 2.45. The van der Waals surface area contributed by atoms with Crippen LogP contribution in [0.2, 0.25) is 0 Å². The quantitative estimate of drug-likeness (QED) is 0.176. The molecule has 3 nitrogen and oxygen atoms in total. The van der Waals surface area contributed by atoms with E-state index in [-0.39, 0.29) is 21.7 Å². The van der Waals surface area contributed by atoms with Gasteiger partial charge in [0.15, 0.2) is 0 Å². The summed E-state index contributed by atoms with van der Waals surface area (Å²) in [5, 5.41) is 4.81. The largest absolute Gasteiger partial charge is 0.456 e. The minimum atomic E-state index is -0.276. The van der Waals surface area contributed by atoms with Gasteiger partial charge < -0.3 is 13.7 Å². The molecular formula is C72H55NO2. The fraction of sp³-hybridized carbons (Fsp3) is 0.167. The van der Waals surface area contributed by atoms with Gasteiger partial charge in [-0.3, -0.25) is 0 Å². The highest BCUT2D eigenvalue weighted by molar-refractivity contribution is 6.17. The Balaban J connectivity index is 0.861. The van der Waals surface area contributed by atoms with E-state index in [1.807, 2.05) is 0 Å². The lowest BCUT2D eigenvalue weighted by atomic mass is 9.79. The van der Waals surface area contributed by atoms with Crippen LogP contribution in [0.1, 0.15) is 99.9 Å². The molecule has 0 atom stereocenters. The smallest absolute Gasteiger partial charge is 0.136 e.